The van der Waals surface area contributed by atoms with Crippen LogP contribution < -0.4 is 4.90 Å². The minimum Gasteiger partial charge on any atom is -0.310 e. The number of hydrogen-bond acceptors (Lipinski definition) is 2. The fraction of sp³-hybridized carbons (Fsp3) is 0.0625. The van der Waals surface area contributed by atoms with Gasteiger partial charge in [-0.05, 0) is 138 Å². The van der Waals surface area contributed by atoms with Crippen molar-refractivity contribution in [1.82, 2.24) is 0 Å². The first-order valence-corrected chi connectivity index (χ1v) is 23.9. The normalized spacial score (nSPS) is 14.2. The predicted molar refractivity (Wildman–Crippen MR) is 279 cm³/mol. The summed E-state index contributed by atoms with van der Waals surface area (Å²) in [6.45, 7) is 4.83. The quantitative estimate of drug-likeness (QED) is 0.167. The van der Waals surface area contributed by atoms with E-state index in [4.69, 9.17) is 0 Å². The van der Waals surface area contributed by atoms with Gasteiger partial charge in [-0.1, -0.05) is 190 Å². The van der Waals surface area contributed by atoms with Crippen molar-refractivity contribution in [2.45, 2.75) is 24.7 Å². The van der Waals surface area contributed by atoms with Gasteiger partial charge in [0.1, 0.15) is 0 Å². The van der Waals surface area contributed by atoms with Crippen molar-refractivity contribution >= 4 is 48.6 Å². The maximum atomic E-state index is 2.51. The summed E-state index contributed by atoms with van der Waals surface area (Å²) in [7, 11) is 0. The van der Waals surface area contributed by atoms with Crippen molar-refractivity contribution in [3.05, 3.63) is 258 Å². The number of fused-ring (bicyclic) bond motifs is 16. The van der Waals surface area contributed by atoms with Crippen molar-refractivity contribution in [2.75, 3.05) is 4.90 Å². The van der Waals surface area contributed by atoms with Gasteiger partial charge in [0.05, 0.1) is 5.41 Å². The lowest BCUT2D eigenvalue weighted by Gasteiger charge is -2.32. The molecule has 0 bridgehead atoms. The van der Waals surface area contributed by atoms with Crippen LogP contribution in [0.1, 0.15) is 47.2 Å². The second-order valence-electron chi connectivity index (χ2n) is 18.7. The molecule has 0 N–H and O–H groups in total. The number of nitrogens with zero attached hydrogens (tertiary/aromatic N) is 1. The van der Waals surface area contributed by atoms with E-state index in [2.05, 4.69) is 243 Å². The molecule has 1 spiro atoms. The molecule has 0 fully saturated rings. The van der Waals surface area contributed by atoms with Crippen LogP contribution in [0.25, 0.3) is 75.8 Å². The zero-order valence-corrected chi connectivity index (χ0v) is 37.5. The molecular weight excluding hydrogens is 815 g/mol. The molecular formula is C64H43NS. The molecule has 1 heterocycles. The van der Waals surface area contributed by atoms with Crippen LogP contribution in [0.15, 0.2) is 224 Å². The minimum absolute atomic E-state index is 0.200. The average molecular weight is 858 g/mol. The highest BCUT2D eigenvalue weighted by Crippen LogP contribution is 2.64. The molecule has 0 aliphatic heterocycles. The van der Waals surface area contributed by atoms with Gasteiger partial charge in [0.25, 0.3) is 0 Å². The fourth-order valence-corrected chi connectivity index (χ4v) is 13.4. The molecule has 0 unspecified atom stereocenters. The van der Waals surface area contributed by atoms with Crippen LogP contribution in [0.4, 0.5) is 17.1 Å². The highest BCUT2D eigenvalue weighted by atomic mass is 32.1. The van der Waals surface area contributed by atoms with E-state index in [1.54, 1.807) is 0 Å². The largest absolute Gasteiger partial charge is 0.310 e. The van der Waals surface area contributed by atoms with Crippen LogP contribution in [0, 0.1) is 0 Å². The van der Waals surface area contributed by atoms with Crippen LogP contribution in [0.2, 0.25) is 0 Å². The lowest BCUT2D eigenvalue weighted by atomic mass is 9.70. The van der Waals surface area contributed by atoms with Gasteiger partial charge in [-0.25, -0.2) is 0 Å². The van der Waals surface area contributed by atoms with E-state index in [9.17, 15) is 0 Å². The lowest BCUT2D eigenvalue weighted by molar-refractivity contribution is 0.661. The topological polar surface area (TPSA) is 3.24 Å². The fourth-order valence-electron chi connectivity index (χ4n) is 12.2. The van der Waals surface area contributed by atoms with Gasteiger partial charge >= 0.3 is 0 Å². The van der Waals surface area contributed by atoms with Gasteiger partial charge < -0.3 is 4.90 Å². The molecule has 66 heavy (non-hydrogen) atoms. The zero-order valence-electron chi connectivity index (χ0n) is 36.7. The van der Waals surface area contributed by atoms with Gasteiger partial charge in [0.2, 0.25) is 0 Å². The van der Waals surface area contributed by atoms with Crippen LogP contribution in [-0.2, 0) is 10.8 Å². The van der Waals surface area contributed by atoms with Gasteiger partial charge in [-0.3, -0.25) is 0 Å². The molecule has 0 saturated heterocycles. The molecule has 0 saturated carbocycles. The summed E-state index contributed by atoms with van der Waals surface area (Å²) in [4.78, 5) is 2.50. The van der Waals surface area contributed by atoms with Crippen molar-refractivity contribution in [1.29, 1.82) is 0 Å². The Hall–Kier alpha value is -7.78. The average Bonchev–Trinajstić information content (AvgIpc) is 4.06. The Balaban J connectivity index is 1.03. The summed E-state index contributed by atoms with van der Waals surface area (Å²) in [5.41, 5.74) is 23.8. The molecule has 0 radical (unpaired) electrons. The number of anilines is 3. The van der Waals surface area contributed by atoms with Crippen LogP contribution >= 0.6 is 11.3 Å². The van der Waals surface area contributed by atoms with E-state index in [-0.39, 0.29) is 5.41 Å². The molecule has 0 atom stereocenters. The number of benzene rings is 10. The smallest absolute Gasteiger partial charge is 0.0726 e. The maximum absolute atomic E-state index is 2.51. The van der Waals surface area contributed by atoms with Gasteiger partial charge in [0, 0.05) is 42.6 Å². The summed E-state index contributed by atoms with van der Waals surface area (Å²) in [6, 6.07) is 84.3. The summed E-state index contributed by atoms with van der Waals surface area (Å²) in [5.74, 6) is 0. The van der Waals surface area contributed by atoms with Gasteiger partial charge in [-0.2, -0.15) is 0 Å². The van der Waals surface area contributed by atoms with Gasteiger partial charge in [0.15, 0.2) is 0 Å². The van der Waals surface area contributed by atoms with Crippen molar-refractivity contribution in [2.24, 2.45) is 0 Å². The molecule has 1 nitrogen and oxygen atoms in total. The zero-order chi connectivity index (χ0) is 43.7. The summed E-state index contributed by atoms with van der Waals surface area (Å²) >= 11 is 1.91. The molecule has 10 aromatic carbocycles. The van der Waals surface area contributed by atoms with E-state index >= 15 is 0 Å². The van der Waals surface area contributed by atoms with Crippen LogP contribution in [0.5, 0.6) is 0 Å². The SMILES string of the molecule is CC1(C)c2ccc(N(c3ccc(-c4ccccc4)cc3)c3ccc4c(c3)C3(c5ccccc5-c5ccccc53)c3ccccc3-4)cc2-c2c1cc1sc3ccccc3c1c2-c1ccccc1. The molecule has 3 aliphatic carbocycles. The molecule has 1 aromatic heterocycles. The van der Waals surface area contributed by atoms with E-state index in [0.29, 0.717) is 0 Å². The Bertz CT molecular complexity index is 3720. The molecule has 11 aromatic rings. The van der Waals surface area contributed by atoms with Crippen molar-refractivity contribution in [3.63, 3.8) is 0 Å². The Labute approximate surface area is 389 Å². The van der Waals surface area contributed by atoms with E-state index in [1.807, 2.05) is 11.3 Å². The Morgan fingerprint density at radius 3 is 1.52 bits per heavy atom. The third-order valence-electron chi connectivity index (χ3n) is 15.1. The molecule has 14 rings (SSSR count). The second kappa shape index (κ2) is 13.9. The Morgan fingerprint density at radius 2 is 0.848 bits per heavy atom. The van der Waals surface area contributed by atoms with Crippen molar-refractivity contribution < 1.29 is 0 Å². The standard InChI is InChI=1S/C64H43NS/c1-63(2)52-36-34-44(37-51(52)61-57(63)39-59-62(50-24-12-16-28-58(50)66-59)60(61)42-19-7-4-8-20-42)65(43-31-29-41(30-32-43)40-17-5-3-6-18-40)45-33-35-49-48-23-11-15-27-55(48)64(56(49)38-45)53-25-13-9-21-46(53)47-22-10-14-26-54(47)64/h3-39H,1-2H3. The highest BCUT2D eigenvalue weighted by molar-refractivity contribution is 7.26. The summed E-state index contributed by atoms with van der Waals surface area (Å²) < 4.78 is 2.67. The number of rotatable bonds is 5. The van der Waals surface area contributed by atoms with E-state index in [0.717, 1.165) is 17.1 Å². The van der Waals surface area contributed by atoms with Gasteiger partial charge in [-0.15, -0.1) is 11.3 Å². The van der Waals surface area contributed by atoms with Crippen LogP contribution in [0.3, 0.4) is 0 Å². The first-order valence-electron chi connectivity index (χ1n) is 23.1. The molecule has 310 valence electrons. The predicted octanol–water partition coefficient (Wildman–Crippen LogP) is 17.5. The third-order valence-corrected chi connectivity index (χ3v) is 16.2. The second-order valence-corrected chi connectivity index (χ2v) is 19.8. The third kappa shape index (κ3) is 5.05. The lowest BCUT2D eigenvalue weighted by Crippen LogP contribution is -2.26. The van der Waals surface area contributed by atoms with E-state index in [1.165, 1.54) is 109 Å². The first-order chi connectivity index (χ1) is 32.5. The maximum Gasteiger partial charge on any atom is 0.0726 e. The Kier molecular flexibility index (Phi) is 7.89. The van der Waals surface area contributed by atoms with Crippen molar-refractivity contribution in [3.8, 4) is 55.6 Å². The number of thiophene rings is 1. The minimum atomic E-state index is -0.446. The Morgan fingerprint density at radius 1 is 0.333 bits per heavy atom. The van der Waals surface area contributed by atoms with E-state index < -0.39 is 5.41 Å². The molecule has 0 amide bonds. The number of hydrogen-bond donors (Lipinski definition) is 0. The summed E-state index contributed by atoms with van der Waals surface area (Å²) in [6.07, 6.45) is 0. The molecule has 2 heteroatoms. The van der Waals surface area contributed by atoms with Crippen LogP contribution in [-0.4, -0.2) is 0 Å². The monoisotopic (exact) mass is 857 g/mol. The highest BCUT2D eigenvalue weighted by Gasteiger charge is 2.51. The summed E-state index contributed by atoms with van der Waals surface area (Å²) in [5, 5.41) is 2.67. The first kappa shape index (κ1) is 37.6. The molecule has 3 aliphatic rings.